The van der Waals surface area contributed by atoms with Crippen LogP contribution >= 0.6 is 0 Å². The van der Waals surface area contributed by atoms with Crippen LogP contribution < -0.4 is 0 Å². The van der Waals surface area contributed by atoms with Gasteiger partial charge in [0.25, 0.3) is 0 Å². The first-order valence-corrected chi connectivity index (χ1v) is 35.1. The van der Waals surface area contributed by atoms with Gasteiger partial charge in [0, 0.05) is 19.3 Å². The van der Waals surface area contributed by atoms with Crippen LogP contribution in [0.3, 0.4) is 0 Å². The van der Waals surface area contributed by atoms with Crippen molar-refractivity contribution >= 4 is 17.9 Å². The number of esters is 3. The molecule has 0 aromatic heterocycles. The van der Waals surface area contributed by atoms with Crippen molar-refractivity contribution in [3.63, 3.8) is 0 Å². The Hall–Kier alpha value is -3.41. The molecule has 6 nitrogen and oxygen atoms in total. The number of carbonyl (C=O) groups is 3. The molecule has 0 saturated carbocycles. The van der Waals surface area contributed by atoms with Gasteiger partial charge < -0.3 is 14.2 Å². The average Bonchev–Trinajstić information content (AvgIpc) is 3.47. The maximum atomic E-state index is 12.9. The molecule has 6 heteroatoms. The molecule has 0 fully saturated rings. The van der Waals surface area contributed by atoms with Crippen LogP contribution in [-0.2, 0) is 28.6 Å². The van der Waals surface area contributed by atoms with Crippen LogP contribution in [0.25, 0.3) is 0 Å². The summed E-state index contributed by atoms with van der Waals surface area (Å²) in [6, 6.07) is 0. The van der Waals surface area contributed by atoms with E-state index in [1.54, 1.807) is 0 Å². The van der Waals surface area contributed by atoms with Crippen molar-refractivity contribution in [1.82, 2.24) is 0 Å². The van der Waals surface area contributed by atoms with E-state index >= 15 is 0 Å². The fraction of sp³-hybridized carbons (Fsp3) is 0.773. The van der Waals surface area contributed by atoms with E-state index in [9.17, 15) is 14.4 Å². The number of hydrogen-bond donors (Lipinski definition) is 0. The number of ether oxygens (including phenoxy) is 3. The predicted molar refractivity (Wildman–Crippen MR) is 353 cm³/mol. The molecule has 0 saturated heterocycles. The Balaban J connectivity index is 3.98. The van der Waals surface area contributed by atoms with Crippen molar-refractivity contribution < 1.29 is 28.6 Å². The molecule has 0 aliphatic carbocycles. The van der Waals surface area contributed by atoms with Gasteiger partial charge in [-0.1, -0.05) is 343 Å². The van der Waals surface area contributed by atoms with Crippen molar-refractivity contribution in [2.75, 3.05) is 13.2 Å². The smallest absolute Gasteiger partial charge is 0.306 e. The fourth-order valence-corrected chi connectivity index (χ4v) is 10.2. The molecule has 0 radical (unpaired) electrons. The highest BCUT2D eigenvalue weighted by atomic mass is 16.6. The van der Waals surface area contributed by atoms with E-state index in [2.05, 4.69) is 106 Å². The molecule has 0 N–H and O–H groups in total. The van der Waals surface area contributed by atoms with Crippen molar-refractivity contribution in [3.05, 3.63) is 85.1 Å². The van der Waals surface area contributed by atoms with E-state index in [4.69, 9.17) is 14.2 Å². The summed E-state index contributed by atoms with van der Waals surface area (Å²) >= 11 is 0. The van der Waals surface area contributed by atoms with E-state index in [1.165, 1.54) is 205 Å². The van der Waals surface area contributed by atoms with Crippen LogP contribution in [0.4, 0.5) is 0 Å². The third-order valence-corrected chi connectivity index (χ3v) is 15.4. The lowest BCUT2D eigenvalue weighted by Crippen LogP contribution is -2.30. The summed E-state index contributed by atoms with van der Waals surface area (Å²) < 4.78 is 16.8. The average molecular weight is 1130 g/mol. The van der Waals surface area contributed by atoms with E-state index in [0.717, 1.165) is 109 Å². The van der Waals surface area contributed by atoms with Gasteiger partial charge >= 0.3 is 17.9 Å². The Morgan fingerprint density at radius 1 is 0.259 bits per heavy atom. The molecule has 0 aliphatic heterocycles. The zero-order valence-corrected chi connectivity index (χ0v) is 53.8. The molecule has 1 unspecified atom stereocenters. The molecule has 0 aromatic rings. The molecule has 0 bridgehead atoms. The Kier molecular flexibility index (Phi) is 66.2. The minimum Gasteiger partial charge on any atom is -0.462 e. The summed E-state index contributed by atoms with van der Waals surface area (Å²) in [5.41, 5.74) is 0. The van der Waals surface area contributed by atoms with Crippen LogP contribution in [0.15, 0.2) is 85.1 Å². The third kappa shape index (κ3) is 67.3. The largest absolute Gasteiger partial charge is 0.462 e. The zero-order chi connectivity index (χ0) is 58.5. The summed E-state index contributed by atoms with van der Waals surface area (Å²) in [4.78, 5) is 38.0. The van der Waals surface area contributed by atoms with E-state index in [0.29, 0.717) is 19.3 Å². The molecule has 0 aliphatic rings. The van der Waals surface area contributed by atoms with Gasteiger partial charge in [0.05, 0.1) is 0 Å². The quantitative estimate of drug-likeness (QED) is 0.0261. The summed E-state index contributed by atoms with van der Waals surface area (Å²) in [5, 5.41) is 0. The minimum absolute atomic E-state index is 0.0735. The van der Waals surface area contributed by atoms with Crippen LogP contribution in [0.1, 0.15) is 355 Å². The summed E-state index contributed by atoms with van der Waals surface area (Å²) in [7, 11) is 0. The maximum Gasteiger partial charge on any atom is 0.306 e. The SMILES string of the molecule is CC/C=C\C/C=C\C/C=C\C/C=C\C/C=C\C/C=C\C/C=C\CCCCCCCCCCCCCC(=O)OCC(COC(=O)CCCCCCC)OC(=O)CCCCCCCCCCCCCCCCCCCCCCCCCCC. The van der Waals surface area contributed by atoms with Gasteiger partial charge in [0.1, 0.15) is 13.2 Å². The summed E-state index contributed by atoms with van der Waals surface area (Å²) in [6.07, 6.45) is 92.4. The highest BCUT2D eigenvalue weighted by molar-refractivity contribution is 5.71. The molecule has 0 heterocycles. The van der Waals surface area contributed by atoms with Crippen LogP contribution in [-0.4, -0.2) is 37.2 Å². The Morgan fingerprint density at radius 2 is 0.481 bits per heavy atom. The number of allylic oxidation sites excluding steroid dienone is 14. The number of carbonyl (C=O) groups excluding carboxylic acids is 3. The van der Waals surface area contributed by atoms with Gasteiger partial charge in [-0.2, -0.15) is 0 Å². The number of rotatable bonds is 64. The summed E-state index contributed by atoms with van der Waals surface area (Å²) in [6.45, 7) is 6.49. The first-order chi connectivity index (χ1) is 40.0. The second kappa shape index (κ2) is 69.1. The highest BCUT2D eigenvalue weighted by Crippen LogP contribution is 2.18. The zero-order valence-electron chi connectivity index (χ0n) is 53.8. The third-order valence-electron chi connectivity index (χ3n) is 15.4. The second-order valence-corrected chi connectivity index (χ2v) is 23.4. The molecule has 468 valence electrons. The lowest BCUT2D eigenvalue weighted by molar-refractivity contribution is -0.167. The van der Waals surface area contributed by atoms with E-state index in [1.807, 2.05) is 0 Å². The summed E-state index contributed by atoms with van der Waals surface area (Å²) in [5.74, 6) is -0.873. The predicted octanol–water partition coefficient (Wildman–Crippen LogP) is 24.2. The van der Waals surface area contributed by atoms with Gasteiger partial charge in [-0.15, -0.1) is 0 Å². The monoisotopic (exact) mass is 1130 g/mol. The van der Waals surface area contributed by atoms with Crippen LogP contribution in [0, 0.1) is 0 Å². The molecule has 0 amide bonds. The normalized spacial score (nSPS) is 12.6. The molecular formula is C75H132O6. The molecule has 0 rings (SSSR count). The van der Waals surface area contributed by atoms with Crippen molar-refractivity contribution in [2.45, 2.75) is 361 Å². The Morgan fingerprint density at radius 3 is 0.753 bits per heavy atom. The van der Waals surface area contributed by atoms with Crippen LogP contribution in [0.5, 0.6) is 0 Å². The first kappa shape index (κ1) is 77.6. The molecule has 0 spiro atoms. The number of unbranched alkanes of at least 4 members (excludes halogenated alkanes) is 39. The fourth-order valence-electron chi connectivity index (χ4n) is 10.2. The molecule has 81 heavy (non-hydrogen) atoms. The van der Waals surface area contributed by atoms with Crippen molar-refractivity contribution in [2.24, 2.45) is 0 Å². The Bertz CT molecular complexity index is 1530. The minimum atomic E-state index is -0.772. The Labute approximate surface area is 503 Å². The van der Waals surface area contributed by atoms with Crippen molar-refractivity contribution in [1.29, 1.82) is 0 Å². The second-order valence-electron chi connectivity index (χ2n) is 23.4. The van der Waals surface area contributed by atoms with Gasteiger partial charge in [-0.25, -0.2) is 0 Å². The van der Waals surface area contributed by atoms with Gasteiger partial charge in [-0.3, -0.25) is 14.4 Å². The molecule has 1 atom stereocenters. The van der Waals surface area contributed by atoms with E-state index < -0.39 is 6.10 Å². The van der Waals surface area contributed by atoms with Crippen LogP contribution in [0.2, 0.25) is 0 Å². The maximum absolute atomic E-state index is 12.9. The lowest BCUT2D eigenvalue weighted by Gasteiger charge is -2.18. The van der Waals surface area contributed by atoms with Crippen molar-refractivity contribution in [3.8, 4) is 0 Å². The van der Waals surface area contributed by atoms with E-state index in [-0.39, 0.29) is 31.1 Å². The topological polar surface area (TPSA) is 78.9 Å². The standard InChI is InChI=1S/C75H132O6/c1-4-7-10-13-15-17-19-21-23-25-27-29-31-33-34-35-36-37-38-39-40-42-43-45-47-49-51-53-55-57-59-62-65-68-74(77)80-71-72(70-79-73(76)67-64-61-12-9-6-3)81-75(78)69-66-63-60-58-56-54-52-50-48-46-44-41-32-30-28-26-24-22-20-18-16-14-11-8-5-2/h7,10,15,17,21,23,27,29,33-34,36-37,39-40,72H,4-6,8-9,11-14,16,18-20,22,24-26,28,30-32,35,38,41-71H2,1-3H3/b10-7-,17-15-,23-21-,29-27-,34-33-,37-36-,40-39-. The molecule has 0 aromatic carbocycles. The van der Waals surface area contributed by atoms with Gasteiger partial charge in [0.2, 0.25) is 0 Å². The van der Waals surface area contributed by atoms with Gasteiger partial charge in [0.15, 0.2) is 6.10 Å². The lowest BCUT2D eigenvalue weighted by atomic mass is 10.0. The van der Waals surface area contributed by atoms with Gasteiger partial charge in [-0.05, 0) is 77.0 Å². The first-order valence-electron chi connectivity index (χ1n) is 35.1. The number of hydrogen-bond acceptors (Lipinski definition) is 6. The molecular weight excluding hydrogens is 997 g/mol. The highest BCUT2D eigenvalue weighted by Gasteiger charge is 2.19.